The van der Waals surface area contributed by atoms with Crippen LogP contribution in [0.4, 0.5) is 5.69 Å². The molecule has 2 rings (SSSR count). The number of nitrogens with one attached hydrogen (secondary N) is 1. The van der Waals surface area contributed by atoms with Crippen molar-refractivity contribution in [3.8, 4) is 0 Å². The fourth-order valence-corrected chi connectivity index (χ4v) is 2.44. The first-order valence-electron chi connectivity index (χ1n) is 6.46. The molecule has 1 unspecified atom stereocenters. The Bertz CT molecular complexity index is 421. The first-order valence-corrected chi connectivity index (χ1v) is 6.46. The average Bonchev–Trinajstić information content (AvgIpc) is 2.46. The molecule has 0 spiro atoms. The number of aromatic nitrogens is 1. The molecule has 1 aromatic heterocycles. The molecule has 1 amide bonds. The monoisotopic (exact) mass is 248 g/mol. The Kier molecular flexibility index (Phi) is 4.15. The zero-order valence-electron chi connectivity index (χ0n) is 10.7. The van der Waals surface area contributed by atoms with Crippen LogP contribution >= 0.6 is 0 Å². The van der Waals surface area contributed by atoms with E-state index in [1.165, 1.54) is 6.42 Å². The number of piperidine rings is 1. The first-order chi connectivity index (χ1) is 8.76. The lowest BCUT2D eigenvalue weighted by molar-refractivity contribution is 0.0671. The molecule has 1 aliphatic heterocycles. The molecule has 0 bridgehead atoms. The average molecular weight is 248 g/mol. The van der Waals surface area contributed by atoms with Crippen LogP contribution in [0.5, 0.6) is 0 Å². The van der Waals surface area contributed by atoms with Crippen molar-refractivity contribution in [2.24, 2.45) is 11.8 Å². The Morgan fingerprint density at radius 1 is 1.67 bits per heavy atom. The van der Waals surface area contributed by atoms with Crippen LogP contribution in [0.1, 0.15) is 36.5 Å². The normalized spacial score (nSPS) is 19.7. The number of likely N-dealkylation sites (tertiary alicyclic amines) is 1. The third-order valence-electron chi connectivity index (χ3n) is 3.59. The maximum absolute atomic E-state index is 12.4. The molecular formula is C13H20N4O. The van der Waals surface area contributed by atoms with Gasteiger partial charge in [-0.1, -0.05) is 13.3 Å². The van der Waals surface area contributed by atoms with Gasteiger partial charge in [-0.25, -0.2) is 0 Å². The van der Waals surface area contributed by atoms with E-state index >= 15 is 0 Å². The number of pyridine rings is 1. The minimum absolute atomic E-state index is 0.0224. The fourth-order valence-electron chi connectivity index (χ4n) is 2.44. The summed E-state index contributed by atoms with van der Waals surface area (Å²) >= 11 is 0. The Morgan fingerprint density at radius 3 is 3.22 bits per heavy atom. The summed E-state index contributed by atoms with van der Waals surface area (Å²) in [6.07, 6.45) is 6.62. The van der Waals surface area contributed by atoms with Gasteiger partial charge in [0.15, 0.2) is 0 Å². The second-order valence-electron chi connectivity index (χ2n) is 4.73. The minimum atomic E-state index is 0.0224. The summed E-state index contributed by atoms with van der Waals surface area (Å²) in [4.78, 5) is 18.3. The maximum atomic E-state index is 12.4. The van der Waals surface area contributed by atoms with E-state index in [-0.39, 0.29) is 5.91 Å². The Labute approximate surface area is 107 Å². The molecule has 18 heavy (non-hydrogen) atoms. The van der Waals surface area contributed by atoms with Crippen molar-refractivity contribution < 1.29 is 4.79 Å². The molecule has 1 fully saturated rings. The maximum Gasteiger partial charge on any atom is 0.257 e. The molecule has 1 atom stereocenters. The van der Waals surface area contributed by atoms with Crippen LogP contribution in [-0.4, -0.2) is 28.9 Å². The van der Waals surface area contributed by atoms with Gasteiger partial charge < -0.3 is 10.3 Å². The highest BCUT2D eigenvalue weighted by Gasteiger charge is 2.24. The summed E-state index contributed by atoms with van der Waals surface area (Å²) in [6.45, 7) is 3.85. The fraction of sp³-hybridized carbons (Fsp3) is 0.538. The van der Waals surface area contributed by atoms with Gasteiger partial charge in [-0.2, -0.15) is 0 Å². The Morgan fingerprint density at radius 2 is 2.50 bits per heavy atom. The van der Waals surface area contributed by atoms with E-state index in [1.807, 2.05) is 4.90 Å². The smallest absolute Gasteiger partial charge is 0.257 e. The van der Waals surface area contributed by atoms with Gasteiger partial charge in [0.05, 0.1) is 11.3 Å². The lowest BCUT2D eigenvalue weighted by atomic mass is 9.95. The lowest BCUT2D eigenvalue weighted by Gasteiger charge is -2.32. The largest absolute Gasteiger partial charge is 0.338 e. The van der Waals surface area contributed by atoms with Crippen LogP contribution in [0.3, 0.4) is 0 Å². The number of carbonyl (C=O) groups is 1. The van der Waals surface area contributed by atoms with Crippen LogP contribution in [-0.2, 0) is 0 Å². The molecule has 2 heterocycles. The molecule has 0 aromatic carbocycles. The molecule has 5 heteroatoms. The molecular weight excluding hydrogens is 228 g/mol. The van der Waals surface area contributed by atoms with Crippen molar-refractivity contribution in [3.05, 3.63) is 24.0 Å². The van der Waals surface area contributed by atoms with E-state index in [0.29, 0.717) is 17.2 Å². The van der Waals surface area contributed by atoms with Gasteiger partial charge in [-0.05, 0) is 24.8 Å². The standard InChI is InChI=1S/C13H20N4O/c1-2-10-4-3-7-17(9-10)13(18)11-8-15-6-5-12(11)16-14/h5-6,8,10H,2-4,7,9,14H2,1H3,(H,15,16). The highest BCUT2D eigenvalue weighted by atomic mass is 16.2. The Hall–Kier alpha value is -1.62. The van der Waals surface area contributed by atoms with Gasteiger partial charge in [-0.15, -0.1) is 0 Å². The zero-order chi connectivity index (χ0) is 13.0. The quantitative estimate of drug-likeness (QED) is 0.630. The number of hydrazine groups is 1. The zero-order valence-corrected chi connectivity index (χ0v) is 10.7. The SMILES string of the molecule is CCC1CCCN(C(=O)c2cnccc2NN)C1. The van der Waals surface area contributed by atoms with Crippen LogP contribution in [0.15, 0.2) is 18.5 Å². The van der Waals surface area contributed by atoms with E-state index in [0.717, 1.165) is 25.9 Å². The van der Waals surface area contributed by atoms with Crippen LogP contribution in [0.25, 0.3) is 0 Å². The number of hydrogen-bond donors (Lipinski definition) is 2. The lowest BCUT2D eigenvalue weighted by Crippen LogP contribution is -2.40. The van der Waals surface area contributed by atoms with Crippen LogP contribution in [0.2, 0.25) is 0 Å². The summed E-state index contributed by atoms with van der Waals surface area (Å²) in [6, 6.07) is 1.72. The molecule has 98 valence electrons. The van der Waals surface area contributed by atoms with Crippen molar-refractivity contribution in [2.45, 2.75) is 26.2 Å². The second kappa shape index (κ2) is 5.82. The van der Waals surface area contributed by atoms with E-state index in [1.54, 1.807) is 18.5 Å². The van der Waals surface area contributed by atoms with Gasteiger partial charge in [0.25, 0.3) is 5.91 Å². The number of rotatable bonds is 3. The first kappa shape index (κ1) is 12.8. The van der Waals surface area contributed by atoms with Crippen molar-refractivity contribution in [1.82, 2.24) is 9.88 Å². The number of nitrogen functional groups attached to an aromatic ring is 1. The third-order valence-corrected chi connectivity index (χ3v) is 3.59. The molecule has 1 aliphatic rings. The molecule has 1 aromatic rings. The number of amides is 1. The van der Waals surface area contributed by atoms with E-state index in [2.05, 4.69) is 17.3 Å². The molecule has 5 nitrogen and oxygen atoms in total. The second-order valence-corrected chi connectivity index (χ2v) is 4.73. The summed E-state index contributed by atoms with van der Waals surface area (Å²) in [5.41, 5.74) is 3.74. The van der Waals surface area contributed by atoms with E-state index < -0.39 is 0 Å². The van der Waals surface area contributed by atoms with E-state index in [9.17, 15) is 4.79 Å². The summed E-state index contributed by atoms with van der Waals surface area (Å²) in [5.74, 6) is 6.06. The molecule has 0 aliphatic carbocycles. The number of nitrogens with zero attached hydrogens (tertiary/aromatic N) is 2. The van der Waals surface area contributed by atoms with Gasteiger partial charge >= 0.3 is 0 Å². The van der Waals surface area contributed by atoms with Crippen LogP contribution in [0, 0.1) is 5.92 Å². The van der Waals surface area contributed by atoms with Gasteiger partial charge in [0.2, 0.25) is 0 Å². The van der Waals surface area contributed by atoms with Crippen molar-refractivity contribution in [3.63, 3.8) is 0 Å². The number of hydrogen-bond acceptors (Lipinski definition) is 4. The topological polar surface area (TPSA) is 71.2 Å². The summed E-state index contributed by atoms with van der Waals surface area (Å²) in [7, 11) is 0. The predicted octanol–water partition coefficient (Wildman–Crippen LogP) is 1.63. The van der Waals surface area contributed by atoms with Crippen LogP contribution < -0.4 is 11.3 Å². The minimum Gasteiger partial charge on any atom is -0.338 e. The number of nitrogens with two attached hydrogens (primary N) is 1. The third kappa shape index (κ3) is 2.61. The van der Waals surface area contributed by atoms with Gasteiger partial charge in [-0.3, -0.25) is 15.6 Å². The van der Waals surface area contributed by atoms with Crippen molar-refractivity contribution in [2.75, 3.05) is 18.5 Å². The molecule has 1 saturated heterocycles. The molecule has 0 saturated carbocycles. The van der Waals surface area contributed by atoms with Gasteiger partial charge in [0, 0.05) is 25.5 Å². The number of carbonyl (C=O) groups excluding carboxylic acids is 1. The summed E-state index contributed by atoms with van der Waals surface area (Å²) < 4.78 is 0. The van der Waals surface area contributed by atoms with E-state index in [4.69, 9.17) is 5.84 Å². The molecule has 0 radical (unpaired) electrons. The number of anilines is 1. The van der Waals surface area contributed by atoms with Gasteiger partial charge in [0.1, 0.15) is 0 Å². The Balaban J connectivity index is 2.15. The van der Waals surface area contributed by atoms with Crippen molar-refractivity contribution in [1.29, 1.82) is 0 Å². The van der Waals surface area contributed by atoms with Crippen molar-refractivity contribution >= 4 is 11.6 Å². The summed E-state index contributed by atoms with van der Waals surface area (Å²) in [5, 5.41) is 0. The molecule has 3 N–H and O–H groups in total. The predicted molar refractivity (Wildman–Crippen MR) is 71.0 cm³/mol. The highest BCUT2D eigenvalue weighted by molar-refractivity contribution is 5.99. The highest BCUT2D eigenvalue weighted by Crippen LogP contribution is 2.22.